The molecule has 0 fully saturated rings. The zero-order valence-corrected chi connectivity index (χ0v) is 11.4. The second-order valence-electron chi connectivity index (χ2n) is 4.96. The highest BCUT2D eigenvalue weighted by atomic mass is 16.1. The molecular weight excluding hydrogens is 224 g/mol. The Labute approximate surface area is 110 Å². The third-order valence-electron chi connectivity index (χ3n) is 3.14. The van der Waals surface area contributed by atoms with Crippen LogP contribution < -0.4 is 11.1 Å². The van der Waals surface area contributed by atoms with Crippen molar-refractivity contribution in [3.05, 3.63) is 35.9 Å². The van der Waals surface area contributed by atoms with Crippen LogP contribution in [0.25, 0.3) is 0 Å². The molecule has 3 nitrogen and oxygen atoms in total. The zero-order valence-electron chi connectivity index (χ0n) is 11.4. The van der Waals surface area contributed by atoms with E-state index in [1.165, 1.54) is 5.56 Å². The maximum atomic E-state index is 11.9. The quantitative estimate of drug-likeness (QED) is 0.727. The van der Waals surface area contributed by atoms with Crippen LogP contribution in [0.15, 0.2) is 30.3 Å². The molecule has 0 heterocycles. The van der Waals surface area contributed by atoms with Gasteiger partial charge in [-0.05, 0) is 30.4 Å². The molecule has 0 spiro atoms. The molecule has 0 aliphatic rings. The van der Waals surface area contributed by atoms with E-state index < -0.39 is 0 Å². The molecule has 1 aromatic rings. The lowest BCUT2D eigenvalue weighted by atomic mass is 9.85. The Morgan fingerprint density at radius 2 is 1.94 bits per heavy atom. The van der Waals surface area contributed by atoms with Crippen LogP contribution in [-0.4, -0.2) is 19.0 Å². The van der Waals surface area contributed by atoms with E-state index in [-0.39, 0.29) is 11.8 Å². The summed E-state index contributed by atoms with van der Waals surface area (Å²) in [6.07, 6.45) is 1.38. The summed E-state index contributed by atoms with van der Waals surface area (Å²) in [6, 6.07) is 10.2. The van der Waals surface area contributed by atoms with Crippen LogP contribution in [-0.2, 0) is 4.79 Å². The van der Waals surface area contributed by atoms with Crippen molar-refractivity contribution in [3.63, 3.8) is 0 Å². The summed E-state index contributed by atoms with van der Waals surface area (Å²) in [5.74, 6) is 0.850. The minimum absolute atomic E-state index is 0.117. The number of amides is 1. The topological polar surface area (TPSA) is 55.1 Å². The summed E-state index contributed by atoms with van der Waals surface area (Å²) in [6.45, 7) is 5.61. The van der Waals surface area contributed by atoms with Crippen molar-refractivity contribution >= 4 is 5.91 Å². The highest BCUT2D eigenvalue weighted by Crippen LogP contribution is 2.27. The van der Waals surface area contributed by atoms with E-state index in [1.54, 1.807) is 0 Å². The molecular formula is C15H24N2O. The predicted octanol–water partition coefficient (Wildman–Crippen LogP) is 2.28. The summed E-state index contributed by atoms with van der Waals surface area (Å²) < 4.78 is 0. The van der Waals surface area contributed by atoms with E-state index in [9.17, 15) is 4.79 Å². The van der Waals surface area contributed by atoms with Crippen molar-refractivity contribution < 1.29 is 4.79 Å². The third-order valence-corrected chi connectivity index (χ3v) is 3.14. The Balaban J connectivity index is 2.56. The Hall–Kier alpha value is -1.35. The van der Waals surface area contributed by atoms with Gasteiger partial charge in [0.15, 0.2) is 0 Å². The first-order valence-corrected chi connectivity index (χ1v) is 6.67. The standard InChI is InChI=1S/C15H24N2O/c1-12(2)14(13-7-4-3-5-8-13)11-15(18)17-10-6-9-16/h3-5,7-8,12,14H,6,9-11,16H2,1-2H3,(H,17,18). The van der Waals surface area contributed by atoms with Crippen molar-refractivity contribution in [2.24, 2.45) is 11.7 Å². The summed E-state index contributed by atoms with van der Waals surface area (Å²) >= 11 is 0. The number of hydrogen-bond donors (Lipinski definition) is 2. The van der Waals surface area contributed by atoms with Crippen LogP contribution in [0, 0.1) is 5.92 Å². The smallest absolute Gasteiger partial charge is 0.220 e. The van der Waals surface area contributed by atoms with Crippen molar-refractivity contribution in [2.45, 2.75) is 32.6 Å². The molecule has 1 atom stereocenters. The molecule has 0 saturated carbocycles. The molecule has 1 unspecified atom stereocenters. The maximum absolute atomic E-state index is 11.9. The van der Waals surface area contributed by atoms with Gasteiger partial charge in [0.2, 0.25) is 5.91 Å². The number of rotatable bonds is 7. The molecule has 100 valence electrons. The monoisotopic (exact) mass is 248 g/mol. The van der Waals surface area contributed by atoms with E-state index >= 15 is 0 Å². The fraction of sp³-hybridized carbons (Fsp3) is 0.533. The van der Waals surface area contributed by atoms with E-state index in [2.05, 4.69) is 31.3 Å². The lowest BCUT2D eigenvalue weighted by Gasteiger charge is -2.21. The van der Waals surface area contributed by atoms with Gasteiger partial charge >= 0.3 is 0 Å². The highest BCUT2D eigenvalue weighted by molar-refractivity contribution is 5.76. The van der Waals surface area contributed by atoms with E-state index in [1.807, 2.05) is 18.2 Å². The number of hydrogen-bond acceptors (Lipinski definition) is 2. The summed E-state index contributed by atoms with van der Waals surface area (Å²) in [4.78, 5) is 11.9. The molecule has 1 aromatic carbocycles. The van der Waals surface area contributed by atoms with Crippen LogP contribution in [0.2, 0.25) is 0 Å². The largest absolute Gasteiger partial charge is 0.356 e. The molecule has 0 aliphatic heterocycles. The Kier molecular flexibility index (Phi) is 6.44. The fourth-order valence-corrected chi connectivity index (χ4v) is 2.04. The van der Waals surface area contributed by atoms with Gasteiger partial charge in [-0.15, -0.1) is 0 Å². The van der Waals surface area contributed by atoms with Crippen LogP contribution in [0.3, 0.4) is 0 Å². The van der Waals surface area contributed by atoms with Crippen LogP contribution in [0.4, 0.5) is 0 Å². The van der Waals surface area contributed by atoms with Crippen molar-refractivity contribution in [1.82, 2.24) is 5.32 Å². The molecule has 3 N–H and O–H groups in total. The Bertz CT molecular complexity index is 349. The van der Waals surface area contributed by atoms with Crippen molar-refractivity contribution in [3.8, 4) is 0 Å². The molecule has 0 aliphatic carbocycles. The minimum atomic E-state index is 0.117. The van der Waals surface area contributed by atoms with E-state index in [4.69, 9.17) is 5.73 Å². The van der Waals surface area contributed by atoms with Crippen molar-refractivity contribution in [2.75, 3.05) is 13.1 Å². The summed E-state index contributed by atoms with van der Waals surface area (Å²) in [5.41, 5.74) is 6.64. The van der Waals surface area contributed by atoms with Crippen LogP contribution in [0.5, 0.6) is 0 Å². The molecule has 1 amide bonds. The maximum Gasteiger partial charge on any atom is 0.220 e. The second kappa shape index (κ2) is 7.88. The number of nitrogens with two attached hydrogens (primary N) is 1. The average Bonchev–Trinajstić information content (AvgIpc) is 2.37. The molecule has 0 bridgehead atoms. The predicted molar refractivity (Wildman–Crippen MR) is 75.3 cm³/mol. The van der Waals surface area contributed by atoms with Gasteiger partial charge in [0, 0.05) is 13.0 Å². The Morgan fingerprint density at radius 1 is 1.28 bits per heavy atom. The lowest BCUT2D eigenvalue weighted by molar-refractivity contribution is -0.121. The molecule has 0 radical (unpaired) electrons. The van der Waals surface area contributed by atoms with Crippen LogP contribution in [0.1, 0.15) is 38.2 Å². The molecule has 18 heavy (non-hydrogen) atoms. The lowest BCUT2D eigenvalue weighted by Crippen LogP contribution is -2.28. The second-order valence-corrected chi connectivity index (χ2v) is 4.96. The minimum Gasteiger partial charge on any atom is -0.356 e. The van der Waals surface area contributed by atoms with Gasteiger partial charge in [-0.25, -0.2) is 0 Å². The molecule has 0 saturated heterocycles. The number of nitrogens with one attached hydrogen (secondary N) is 1. The number of benzene rings is 1. The SMILES string of the molecule is CC(C)C(CC(=O)NCCCN)c1ccccc1. The fourth-order valence-electron chi connectivity index (χ4n) is 2.04. The first-order chi connectivity index (χ1) is 8.65. The highest BCUT2D eigenvalue weighted by Gasteiger charge is 2.18. The first-order valence-electron chi connectivity index (χ1n) is 6.67. The summed E-state index contributed by atoms with van der Waals surface area (Å²) in [5, 5.41) is 2.92. The van der Waals surface area contributed by atoms with Gasteiger partial charge in [0.05, 0.1) is 0 Å². The third kappa shape index (κ3) is 4.88. The normalized spacial score (nSPS) is 12.4. The Morgan fingerprint density at radius 3 is 2.50 bits per heavy atom. The summed E-state index contributed by atoms with van der Waals surface area (Å²) in [7, 11) is 0. The van der Waals surface area contributed by atoms with Gasteiger partial charge in [-0.3, -0.25) is 4.79 Å². The van der Waals surface area contributed by atoms with Gasteiger partial charge in [-0.2, -0.15) is 0 Å². The van der Waals surface area contributed by atoms with Gasteiger partial charge < -0.3 is 11.1 Å². The van der Waals surface area contributed by atoms with Crippen molar-refractivity contribution in [1.29, 1.82) is 0 Å². The van der Waals surface area contributed by atoms with Gasteiger partial charge in [0.25, 0.3) is 0 Å². The zero-order chi connectivity index (χ0) is 13.4. The average molecular weight is 248 g/mol. The number of carbonyl (C=O) groups is 1. The first kappa shape index (κ1) is 14.7. The molecule has 3 heteroatoms. The number of carbonyl (C=O) groups excluding carboxylic acids is 1. The molecule has 1 rings (SSSR count). The van der Waals surface area contributed by atoms with E-state index in [0.29, 0.717) is 25.4 Å². The van der Waals surface area contributed by atoms with Crippen LogP contribution >= 0.6 is 0 Å². The van der Waals surface area contributed by atoms with E-state index in [0.717, 1.165) is 6.42 Å². The van der Waals surface area contributed by atoms with Gasteiger partial charge in [0.1, 0.15) is 0 Å². The van der Waals surface area contributed by atoms with Gasteiger partial charge in [-0.1, -0.05) is 44.2 Å². The molecule has 0 aromatic heterocycles.